The minimum atomic E-state index is -0.854. The lowest BCUT2D eigenvalue weighted by Gasteiger charge is -2.00. The summed E-state index contributed by atoms with van der Waals surface area (Å²) in [5, 5.41) is 0. The normalized spacial score (nSPS) is 41.4. The van der Waals surface area contributed by atoms with Gasteiger partial charge in [-0.15, -0.1) is 0 Å². The topological polar surface area (TPSA) is 0 Å². The Morgan fingerprint density at radius 3 is 1.12 bits per heavy atom. The Kier molecular flexibility index (Phi) is 5.99. The Hall–Kier alpha value is -0.350. The molecular weight excluding hydrogens is 227 g/mol. The number of halogens is 5. The van der Waals surface area contributed by atoms with Crippen molar-refractivity contribution in [2.75, 3.05) is 0 Å². The summed E-state index contributed by atoms with van der Waals surface area (Å²) in [4.78, 5) is 0. The van der Waals surface area contributed by atoms with Gasteiger partial charge in [-0.1, -0.05) is 20.8 Å². The third-order valence-electron chi connectivity index (χ3n) is 3.63. The molecule has 0 aromatic rings. The molecule has 5 heteroatoms. The Bertz CT molecular complexity index is 198. The van der Waals surface area contributed by atoms with Gasteiger partial charge in [0.2, 0.25) is 0 Å². The third kappa shape index (κ3) is 4.66. The largest absolute Gasteiger partial charge is 0.269 e. The van der Waals surface area contributed by atoms with Gasteiger partial charge in [0.1, 0.15) is 11.3 Å². The van der Waals surface area contributed by atoms with Gasteiger partial charge in [0.05, 0.1) is 0 Å². The molecule has 2 rings (SSSR count). The van der Waals surface area contributed by atoms with Crippen LogP contribution in [0, 0.1) is 11.3 Å². The van der Waals surface area contributed by atoms with E-state index < -0.39 is 11.3 Å². The van der Waals surface area contributed by atoms with Crippen molar-refractivity contribution in [1.82, 2.24) is 0 Å². The fourth-order valence-electron chi connectivity index (χ4n) is 1.33. The zero-order chi connectivity index (χ0) is 12.5. The van der Waals surface area contributed by atoms with Crippen molar-refractivity contribution in [2.45, 2.75) is 58.8 Å². The standard InChI is InChI=1S/C6H11F.C5H9F.F2.FH/c1-5(2)4-6(5,3)7;1-4-3-5(4,2)6;1-2;/h4H2,1-3H3;4H,3H2,1-2H3;;1H. The van der Waals surface area contributed by atoms with Crippen molar-refractivity contribution in [1.29, 1.82) is 0 Å². The monoisotopic (exact) mass is 248 g/mol. The van der Waals surface area contributed by atoms with Crippen LogP contribution in [-0.2, 0) is 0 Å². The highest BCUT2D eigenvalue weighted by atomic mass is 20.0. The second kappa shape index (κ2) is 5.32. The average molecular weight is 248 g/mol. The molecule has 0 N–H and O–H groups in total. The van der Waals surface area contributed by atoms with Crippen molar-refractivity contribution in [3.63, 3.8) is 0 Å². The minimum Gasteiger partial charge on any atom is -0.269 e. The van der Waals surface area contributed by atoms with Crippen LogP contribution in [0.25, 0.3) is 0 Å². The van der Waals surface area contributed by atoms with E-state index in [0.29, 0.717) is 5.92 Å². The first-order chi connectivity index (χ1) is 6.58. The van der Waals surface area contributed by atoms with E-state index in [1.54, 1.807) is 13.8 Å². The third-order valence-corrected chi connectivity index (χ3v) is 3.63. The van der Waals surface area contributed by atoms with Crippen LogP contribution in [0.1, 0.15) is 47.5 Å². The Morgan fingerprint density at radius 1 is 1.00 bits per heavy atom. The zero-order valence-corrected chi connectivity index (χ0v) is 10.4. The Labute approximate surface area is 93.6 Å². The SMILES string of the molecule is CC1(C)CC1(C)F.CC1CC1(C)F.F.FF. The lowest BCUT2D eigenvalue weighted by molar-refractivity contribution is 0.108. The lowest BCUT2D eigenvalue weighted by atomic mass is 10.1. The molecule has 16 heavy (non-hydrogen) atoms. The Morgan fingerprint density at radius 2 is 1.12 bits per heavy atom. The molecule has 3 atom stereocenters. The van der Waals surface area contributed by atoms with Gasteiger partial charge in [-0.05, 0) is 32.6 Å². The van der Waals surface area contributed by atoms with E-state index in [4.69, 9.17) is 9.15 Å². The molecule has 0 aromatic heterocycles. The second-order valence-electron chi connectivity index (χ2n) is 5.64. The van der Waals surface area contributed by atoms with Crippen LogP contribution in [0.4, 0.5) is 22.6 Å². The van der Waals surface area contributed by atoms with Gasteiger partial charge in [-0.25, -0.2) is 8.78 Å². The van der Waals surface area contributed by atoms with Crippen LogP contribution in [0.15, 0.2) is 0 Å². The van der Waals surface area contributed by atoms with E-state index in [9.17, 15) is 8.78 Å². The summed E-state index contributed by atoms with van der Waals surface area (Å²) in [6.07, 6.45) is 1.51. The molecule has 0 amide bonds. The highest BCUT2D eigenvalue weighted by Crippen LogP contribution is 2.58. The van der Waals surface area contributed by atoms with Crippen LogP contribution in [-0.4, -0.2) is 11.3 Å². The van der Waals surface area contributed by atoms with Gasteiger partial charge < -0.3 is 0 Å². The van der Waals surface area contributed by atoms with Gasteiger partial charge in [0, 0.05) is 14.6 Å². The fraction of sp³-hybridized carbons (Fsp3) is 1.00. The minimum absolute atomic E-state index is 0. The molecule has 0 nitrogen and oxygen atoms in total. The van der Waals surface area contributed by atoms with Gasteiger partial charge in [-0.2, -0.15) is 0 Å². The summed E-state index contributed by atoms with van der Waals surface area (Å²) in [5.41, 5.74) is -1.67. The fourth-order valence-corrected chi connectivity index (χ4v) is 1.33. The van der Waals surface area contributed by atoms with Crippen LogP contribution in [0.5, 0.6) is 0 Å². The van der Waals surface area contributed by atoms with E-state index in [0.717, 1.165) is 12.8 Å². The van der Waals surface area contributed by atoms with Crippen molar-refractivity contribution in [3.8, 4) is 0 Å². The van der Waals surface area contributed by atoms with Crippen molar-refractivity contribution in [3.05, 3.63) is 0 Å². The number of rotatable bonds is 0. The molecule has 0 radical (unpaired) electrons. The van der Waals surface area contributed by atoms with Gasteiger partial charge in [0.15, 0.2) is 0 Å². The molecule has 2 saturated carbocycles. The molecule has 0 spiro atoms. The first kappa shape index (κ1) is 18.0. The van der Waals surface area contributed by atoms with Gasteiger partial charge in [-0.3, -0.25) is 4.70 Å². The predicted octanol–water partition coefficient (Wildman–Crippen LogP) is 4.89. The molecule has 2 aliphatic carbocycles. The predicted molar refractivity (Wildman–Crippen MR) is 55.9 cm³/mol. The molecule has 3 unspecified atom stereocenters. The Balaban J connectivity index is 0. The highest BCUT2D eigenvalue weighted by Gasteiger charge is 2.58. The second-order valence-corrected chi connectivity index (χ2v) is 5.64. The summed E-state index contributed by atoms with van der Waals surface area (Å²) < 4.78 is 40.8. The van der Waals surface area contributed by atoms with E-state index >= 15 is 0 Å². The summed E-state index contributed by atoms with van der Waals surface area (Å²) in [6.45, 7) is 9.14. The number of hydrogen-bond donors (Lipinski definition) is 0. The van der Waals surface area contributed by atoms with E-state index in [1.165, 1.54) is 0 Å². The summed E-state index contributed by atoms with van der Waals surface area (Å²) in [5.74, 6) is 0.331. The first-order valence-electron chi connectivity index (χ1n) is 5.11. The smallest absolute Gasteiger partial charge is 0.114 e. The molecule has 0 heterocycles. The molecular formula is C11H21F5. The first-order valence-corrected chi connectivity index (χ1v) is 5.11. The van der Waals surface area contributed by atoms with Crippen LogP contribution in [0.2, 0.25) is 0 Å². The van der Waals surface area contributed by atoms with E-state index in [1.807, 2.05) is 20.8 Å². The summed E-state index contributed by atoms with van der Waals surface area (Å²) >= 11 is 0. The highest BCUT2D eigenvalue weighted by molar-refractivity contribution is 5.07. The molecule has 2 aliphatic rings. The number of hydrogen-bond acceptors (Lipinski definition) is 0. The van der Waals surface area contributed by atoms with Gasteiger partial charge in [0.25, 0.3) is 0 Å². The quantitative estimate of drug-likeness (QED) is 0.535. The maximum absolute atomic E-state index is 12.6. The van der Waals surface area contributed by atoms with Crippen LogP contribution >= 0.6 is 0 Å². The van der Waals surface area contributed by atoms with E-state index in [-0.39, 0.29) is 10.1 Å². The molecule has 0 bridgehead atoms. The maximum Gasteiger partial charge on any atom is 0.114 e. The van der Waals surface area contributed by atoms with Gasteiger partial charge >= 0.3 is 0 Å². The van der Waals surface area contributed by atoms with E-state index in [2.05, 4.69) is 0 Å². The lowest BCUT2D eigenvalue weighted by Crippen LogP contribution is -2.01. The van der Waals surface area contributed by atoms with Crippen molar-refractivity contribution < 1.29 is 22.6 Å². The molecule has 0 saturated heterocycles. The summed E-state index contributed by atoms with van der Waals surface area (Å²) in [6, 6.07) is 0. The van der Waals surface area contributed by atoms with Crippen LogP contribution in [0.3, 0.4) is 0 Å². The van der Waals surface area contributed by atoms with Crippen LogP contribution < -0.4 is 0 Å². The zero-order valence-electron chi connectivity index (χ0n) is 10.4. The maximum atomic E-state index is 12.6. The van der Waals surface area contributed by atoms with Crippen molar-refractivity contribution >= 4 is 0 Å². The molecule has 0 aromatic carbocycles. The average Bonchev–Trinajstić information content (AvgIpc) is 2.74. The summed E-state index contributed by atoms with van der Waals surface area (Å²) in [7, 11) is 0. The molecule has 0 aliphatic heterocycles. The van der Waals surface area contributed by atoms with Crippen molar-refractivity contribution in [2.24, 2.45) is 11.3 Å². The number of alkyl halides is 2. The molecule has 2 fully saturated rings. The molecule has 100 valence electrons.